The number of aliphatic hydroxyl groups excluding tert-OH is 2. The third-order valence-electron chi connectivity index (χ3n) is 8.10. The first kappa shape index (κ1) is 26.6. The fraction of sp³-hybridized carbons (Fsp3) is 0.407. The van der Waals surface area contributed by atoms with Crippen molar-refractivity contribution in [1.82, 2.24) is 14.9 Å². The van der Waals surface area contributed by atoms with Crippen molar-refractivity contribution in [3.63, 3.8) is 0 Å². The molecule has 7 N–H and O–H groups in total. The van der Waals surface area contributed by atoms with Crippen molar-refractivity contribution in [2.75, 3.05) is 33.1 Å². The molecule has 0 bridgehead atoms. The van der Waals surface area contributed by atoms with Gasteiger partial charge in [0.2, 0.25) is 5.79 Å². The van der Waals surface area contributed by atoms with Crippen LogP contribution < -0.4 is 10.6 Å². The number of Topliss-reactive ketones (excluding diaryl/α,β-unsaturated/α-hetero) is 1. The maximum atomic E-state index is 14.1. The highest BCUT2D eigenvalue weighted by Crippen LogP contribution is 2.55. The Kier molecular flexibility index (Phi) is 6.17. The van der Waals surface area contributed by atoms with E-state index in [-0.39, 0.29) is 41.1 Å². The molecule has 1 amide bonds. The smallest absolute Gasteiger partial charge is 0.253 e. The van der Waals surface area contributed by atoms with Gasteiger partial charge in [0.15, 0.2) is 11.6 Å². The summed E-state index contributed by atoms with van der Waals surface area (Å²) in [4.78, 5) is 38.1. The lowest BCUT2D eigenvalue weighted by atomic mass is 9.59. The molecule has 0 fully saturated rings. The zero-order valence-electron chi connectivity index (χ0n) is 22.0. The minimum Gasteiger partial charge on any atom is -0.511 e. The molecule has 39 heavy (non-hydrogen) atoms. The number of nitrogens with two attached hydrogens (primary N) is 1. The molecule has 206 valence electrons. The van der Waals surface area contributed by atoms with Crippen molar-refractivity contribution in [3.05, 3.63) is 58.3 Å². The van der Waals surface area contributed by atoms with Crippen molar-refractivity contribution in [1.29, 1.82) is 0 Å². The van der Waals surface area contributed by atoms with E-state index in [1.54, 1.807) is 45.2 Å². The third-order valence-corrected chi connectivity index (χ3v) is 8.10. The number of primary amides is 1. The number of phenols is 1. The summed E-state index contributed by atoms with van der Waals surface area (Å²) < 4.78 is 0. The summed E-state index contributed by atoms with van der Waals surface area (Å²) in [5.41, 5.74) is 5.92. The summed E-state index contributed by atoms with van der Waals surface area (Å²) in [7, 11) is 6.89. The normalized spacial score (nSPS) is 25.8. The van der Waals surface area contributed by atoms with Gasteiger partial charge in [-0.3, -0.25) is 14.5 Å². The maximum Gasteiger partial charge on any atom is 0.253 e. The molecule has 4 atom stereocenters. The van der Waals surface area contributed by atoms with Gasteiger partial charge >= 0.3 is 0 Å². The Morgan fingerprint density at radius 3 is 2.28 bits per heavy atom. The molecule has 0 radical (unpaired) electrons. The van der Waals surface area contributed by atoms with Crippen molar-refractivity contribution < 1.29 is 35.1 Å². The molecule has 0 spiro atoms. The van der Waals surface area contributed by atoms with E-state index in [0.29, 0.717) is 11.3 Å². The molecule has 1 aromatic heterocycles. The van der Waals surface area contributed by atoms with Gasteiger partial charge in [-0.1, -0.05) is 0 Å². The number of allylic oxidation sites excluding steroid dienone is 1. The van der Waals surface area contributed by atoms with E-state index in [9.17, 15) is 35.1 Å². The second-order valence-electron chi connectivity index (χ2n) is 10.8. The lowest BCUT2D eigenvalue weighted by Gasteiger charge is -2.51. The molecule has 1 unspecified atom stereocenters. The summed E-state index contributed by atoms with van der Waals surface area (Å²) in [5, 5.41) is 56.0. The molecular formula is C27H31N5O7. The van der Waals surface area contributed by atoms with Crippen molar-refractivity contribution >= 4 is 17.4 Å². The number of rotatable bonds is 4. The van der Waals surface area contributed by atoms with E-state index in [1.165, 1.54) is 12.4 Å². The highest BCUT2D eigenvalue weighted by atomic mass is 16.5. The number of aromatic nitrogens is 2. The molecule has 0 saturated heterocycles. The minimum absolute atomic E-state index is 0.0325. The SMILES string of the molecule is CN(C)c1cc(-c2ncccn2)c(O)c2c1C[C@H]1C[C@@H]3C(C(O)=C1C2=O)C(O)(O)C(C(N)=O)=C(O)[C@H]3N(C)C. The van der Waals surface area contributed by atoms with Crippen molar-refractivity contribution in [2.24, 2.45) is 23.5 Å². The number of phenolic OH excluding ortho intramolecular Hbond substituents is 1. The second kappa shape index (κ2) is 9.04. The highest BCUT2D eigenvalue weighted by molar-refractivity contribution is 6.15. The van der Waals surface area contributed by atoms with E-state index in [0.717, 1.165) is 0 Å². The van der Waals surface area contributed by atoms with Crippen LogP contribution in [0.3, 0.4) is 0 Å². The third kappa shape index (κ3) is 3.78. The molecular weight excluding hydrogens is 506 g/mol. The average Bonchev–Trinajstić information content (AvgIpc) is 2.83. The lowest BCUT2D eigenvalue weighted by molar-refractivity contribution is -0.200. The predicted octanol–water partition coefficient (Wildman–Crippen LogP) is 0.641. The van der Waals surface area contributed by atoms with Crippen LogP contribution in [0.15, 0.2) is 47.2 Å². The Labute approximate surface area is 224 Å². The van der Waals surface area contributed by atoms with Crippen molar-refractivity contribution in [3.8, 4) is 17.1 Å². The van der Waals surface area contributed by atoms with E-state index >= 15 is 0 Å². The number of aliphatic hydroxyl groups is 4. The number of benzene rings is 1. The van der Waals surface area contributed by atoms with Gasteiger partial charge in [-0.05, 0) is 56.5 Å². The number of aromatic hydroxyl groups is 1. The summed E-state index contributed by atoms with van der Waals surface area (Å²) >= 11 is 0. The van der Waals surface area contributed by atoms with Gasteiger partial charge in [0.25, 0.3) is 5.91 Å². The quantitative estimate of drug-likeness (QED) is 0.300. The number of nitrogens with zero attached hydrogens (tertiary/aromatic N) is 4. The Morgan fingerprint density at radius 2 is 1.72 bits per heavy atom. The van der Waals surface area contributed by atoms with Gasteiger partial charge in [-0.2, -0.15) is 0 Å². The first-order valence-electron chi connectivity index (χ1n) is 12.4. The van der Waals surface area contributed by atoms with E-state index in [1.807, 2.05) is 4.90 Å². The zero-order chi connectivity index (χ0) is 28.5. The topological polar surface area (TPSA) is 194 Å². The van der Waals surface area contributed by atoms with Crippen LogP contribution in [0.1, 0.15) is 22.3 Å². The van der Waals surface area contributed by atoms with Crippen LogP contribution in [0.25, 0.3) is 11.4 Å². The summed E-state index contributed by atoms with van der Waals surface area (Å²) in [6, 6.07) is 2.45. The molecule has 12 heteroatoms. The average molecular weight is 538 g/mol. The molecule has 1 heterocycles. The van der Waals surface area contributed by atoms with Gasteiger partial charge in [-0.15, -0.1) is 0 Å². The van der Waals surface area contributed by atoms with Crippen LogP contribution in [0.4, 0.5) is 5.69 Å². The second-order valence-corrected chi connectivity index (χ2v) is 10.8. The minimum atomic E-state index is -3.04. The monoisotopic (exact) mass is 537 g/mol. The lowest BCUT2D eigenvalue weighted by Crippen LogP contribution is -2.60. The first-order chi connectivity index (χ1) is 18.3. The van der Waals surface area contributed by atoms with Gasteiger partial charge < -0.3 is 36.2 Å². The Bertz CT molecular complexity index is 1450. The number of hydrogen-bond acceptors (Lipinski definition) is 11. The largest absolute Gasteiger partial charge is 0.511 e. The number of carbonyl (C=O) groups excluding carboxylic acids is 2. The Hall–Kier alpha value is -4.00. The van der Waals surface area contributed by atoms with Crippen LogP contribution in [0, 0.1) is 17.8 Å². The molecule has 12 nitrogen and oxygen atoms in total. The molecule has 1 aromatic carbocycles. The highest BCUT2D eigenvalue weighted by Gasteiger charge is 2.60. The number of ketones is 1. The number of carbonyl (C=O) groups is 2. The molecule has 5 rings (SSSR count). The van der Waals surface area contributed by atoms with Gasteiger partial charge in [0.05, 0.1) is 23.1 Å². The van der Waals surface area contributed by atoms with Gasteiger partial charge in [0, 0.05) is 37.7 Å². The number of anilines is 1. The fourth-order valence-electron chi connectivity index (χ4n) is 6.62. The van der Waals surface area contributed by atoms with Gasteiger partial charge in [-0.25, -0.2) is 9.97 Å². The van der Waals surface area contributed by atoms with Crippen LogP contribution in [-0.4, -0.2) is 92.1 Å². The maximum absolute atomic E-state index is 14.1. The van der Waals surface area contributed by atoms with Crippen molar-refractivity contribution in [2.45, 2.75) is 24.7 Å². The van der Waals surface area contributed by atoms with Crippen LogP contribution >= 0.6 is 0 Å². The first-order valence-corrected chi connectivity index (χ1v) is 12.4. The summed E-state index contributed by atoms with van der Waals surface area (Å²) in [6.45, 7) is 0. The molecule has 3 aliphatic rings. The van der Waals surface area contributed by atoms with Crippen LogP contribution in [0.5, 0.6) is 5.75 Å². The molecule has 0 aliphatic heterocycles. The predicted molar refractivity (Wildman–Crippen MR) is 140 cm³/mol. The number of fused-ring (bicyclic) bond motifs is 3. The van der Waals surface area contributed by atoms with E-state index in [4.69, 9.17) is 5.73 Å². The van der Waals surface area contributed by atoms with E-state index in [2.05, 4.69) is 9.97 Å². The van der Waals surface area contributed by atoms with Gasteiger partial charge in [0.1, 0.15) is 22.8 Å². The number of hydrogen-bond donors (Lipinski definition) is 6. The molecule has 0 saturated carbocycles. The number of amides is 1. The molecule has 2 aromatic rings. The zero-order valence-corrected chi connectivity index (χ0v) is 22.0. The van der Waals surface area contributed by atoms with Crippen LogP contribution in [-0.2, 0) is 11.2 Å². The summed E-state index contributed by atoms with van der Waals surface area (Å²) in [5.74, 6) is -9.19. The van der Waals surface area contributed by atoms with Crippen LogP contribution in [0.2, 0.25) is 0 Å². The standard InChI is InChI=1S/C27H31N5O7/c1-31(2)15-10-14(26-29-6-5-7-30-26)21(33)17-12(15)8-11-9-13-18(23(35)16(11)22(17)34)27(38,39)19(25(28)37)24(36)20(13)32(3)4/h5-7,10-11,13,18,20,33,35-36,38-39H,8-9H2,1-4H3,(H2,28,37)/t11-,13+,18?,20-/m0/s1. The van der Waals surface area contributed by atoms with E-state index < -0.39 is 58.4 Å². The fourth-order valence-corrected chi connectivity index (χ4v) is 6.62. The Balaban J connectivity index is 1.74. The number of likely N-dealkylation sites (N-methyl/N-ethyl adjacent to an activating group) is 1. The Morgan fingerprint density at radius 1 is 1.08 bits per heavy atom. The summed E-state index contributed by atoms with van der Waals surface area (Å²) in [6.07, 6.45) is 3.44. The molecule has 3 aliphatic carbocycles.